The molecule has 1 aromatic carbocycles. The first-order valence-corrected chi connectivity index (χ1v) is 9.61. The summed E-state index contributed by atoms with van der Waals surface area (Å²) in [4.78, 5) is 1.03. The van der Waals surface area contributed by atoms with Crippen LogP contribution in [0.5, 0.6) is 0 Å². The van der Waals surface area contributed by atoms with Gasteiger partial charge in [0, 0.05) is 27.8 Å². The number of sulfonamides is 1. The quantitative estimate of drug-likeness (QED) is 0.769. The fourth-order valence-electron chi connectivity index (χ4n) is 1.76. The number of nitrogens with one attached hydrogen (secondary N) is 2. The smallest absolute Gasteiger partial charge is 0.242 e. The van der Waals surface area contributed by atoms with Crippen molar-refractivity contribution in [2.24, 2.45) is 0 Å². The molecule has 2 rings (SSSR count). The molecule has 2 aromatic rings. The van der Waals surface area contributed by atoms with E-state index in [-0.39, 0.29) is 16.5 Å². The number of hydrogen-bond donors (Lipinski definition) is 2. The van der Waals surface area contributed by atoms with E-state index in [0.29, 0.717) is 6.54 Å². The van der Waals surface area contributed by atoms with Crippen molar-refractivity contribution in [2.75, 3.05) is 7.05 Å². The molecule has 0 unspecified atom stereocenters. The highest BCUT2D eigenvalue weighted by molar-refractivity contribution is 9.10. The van der Waals surface area contributed by atoms with Crippen molar-refractivity contribution in [3.8, 4) is 0 Å². The zero-order valence-electron chi connectivity index (χ0n) is 11.2. The Morgan fingerprint density at radius 3 is 2.67 bits per heavy atom. The van der Waals surface area contributed by atoms with Gasteiger partial charge in [-0.05, 0) is 46.7 Å². The van der Waals surface area contributed by atoms with Crippen LogP contribution in [0.1, 0.15) is 10.4 Å². The Hall–Kier alpha value is -0.440. The van der Waals surface area contributed by atoms with E-state index >= 15 is 0 Å². The topological polar surface area (TPSA) is 58.2 Å². The van der Waals surface area contributed by atoms with E-state index in [9.17, 15) is 8.42 Å². The van der Waals surface area contributed by atoms with Gasteiger partial charge in [0.25, 0.3) is 0 Å². The van der Waals surface area contributed by atoms with Gasteiger partial charge < -0.3 is 5.32 Å². The summed E-state index contributed by atoms with van der Waals surface area (Å²) in [6.45, 7) is 0.822. The Balaban J connectivity index is 2.20. The van der Waals surface area contributed by atoms with E-state index in [0.717, 1.165) is 14.9 Å². The standard InChI is InChI=1S/C13H14BrClN2O2S2/c1-16-6-9-2-3-12(15)13(4-9)21(18,19)17-7-11-5-10(14)8-20-11/h2-5,8,16-17H,6-7H2,1H3. The summed E-state index contributed by atoms with van der Waals surface area (Å²) in [6, 6.07) is 6.87. The van der Waals surface area contributed by atoms with Crippen LogP contribution in [0.3, 0.4) is 0 Å². The number of hydrogen-bond acceptors (Lipinski definition) is 4. The minimum absolute atomic E-state index is 0.104. The molecule has 0 aliphatic carbocycles. The number of halogens is 2. The molecule has 0 radical (unpaired) electrons. The zero-order chi connectivity index (χ0) is 15.5. The summed E-state index contributed by atoms with van der Waals surface area (Å²) in [6.07, 6.45) is 0. The maximum Gasteiger partial charge on any atom is 0.242 e. The van der Waals surface area contributed by atoms with Gasteiger partial charge in [-0.1, -0.05) is 17.7 Å². The molecule has 1 heterocycles. The second kappa shape index (κ2) is 7.21. The maximum atomic E-state index is 12.4. The molecule has 4 nitrogen and oxygen atoms in total. The lowest BCUT2D eigenvalue weighted by atomic mass is 10.2. The van der Waals surface area contributed by atoms with E-state index in [1.54, 1.807) is 25.2 Å². The van der Waals surface area contributed by atoms with E-state index in [4.69, 9.17) is 11.6 Å². The summed E-state index contributed by atoms with van der Waals surface area (Å²) in [5, 5.41) is 5.11. The van der Waals surface area contributed by atoms with Crippen LogP contribution in [0, 0.1) is 0 Å². The first-order valence-electron chi connectivity index (χ1n) is 6.08. The third kappa shape index (κ3) is 4.51. The molecule has 2 N–H and O–H groups in total. The van der Waals surface area contributed by atoms with E-state index in [2.05, 4.69) is 26.0 Å². The molecular weight excluding hydrogens is 396 g/mol. The van der Waals surface area contributed by atoms with Crippen molar-refractivity contribution in [1.82, 2.24) is 10.0 Å². The fraction of sp³-hybridized carbons (Fsp3) is 0.231. The average Bonchev–Trinajstić information content (AvgIpc) is 2.85. The van der Waals surface area contributed by atoms with Gasteiger partial charge in [-0.15, -0.1) is 11.3 Å². The third-order valence-corrected chi connectivity index (χ3v) is 6.30. The number of rotatable bonds is 6. The molecular formula is C13H14BrClN2O2S2. The Labute approximate surface area is 141 Å². The van der Waals surface area contributed by atoms with Crippen LogP contribution < -0.4 is 10.0 Å². The highest BCUT2D eigenvalue weighted by atomic mass is 79.9. The van der Waals surface area contributed by atoms with Gasteiger partial charge in [0.1, 0.15) is 4.90 Å². The summed E-state index contributed by atoms with van der Waals surface area (Å²) < 4.78 is 28.2. The minimum Gasteiger partial charge on any atom is -0.316 e. The third-order valence-electron chi connectivity index (χ3n) is 2.72. The Kier molecular flexibility index (Phi) is 5.81. The molecule has 1 aromatic heterocycles. The highest BCUT2D eigenvalue weighted by Crippen LogP contribution is 2.24. The molecule has 0 bridgehead atoms. The average molecular weight is 410 g/mol. The predicted molar refractivity (Wildman–Crippen MR) is 90.3 cm³/mol. The summed E-state index contributed by atoms with van der Waals surface area (Å²) in [7, 11) is -1.84. The van der Waals surface area contributed by atoms with Gasteiger partial charge in [0.15, 0.2) is 0 Å². The van der Waals surface area contributed by atoms with E-state index < -0.39 is 10.0 Å². The molecule has 21 heavy (non-hydrogen) atoms. The number of benzene rings is 1. The van der Waals surface area contributed by atoms with Crippen LogP contribution in [0.25, 0.3) is 0 Å². The second-order valence-corrected chi connectivity index (χ2v) is 8.40. The van der Waals surface area contributed by atoms with Crippen LogP contribution in [-0.4, -0.2) is 15.5 Å². The van der Waals surface area contributed by atoms with Gasteiger partial charge in [-0.3, -0.25) is 0 Å². The zero-order valence-corrected chi connectivity index (χ0v) is 15.2. The van der Waals surface area contributed by atoms with E-state index in [1.165, 1.54) is 11.3 Å². The van der Waals surface area contributed by atoms with Crippen LogP contribution in [-0.2, 0) is 23.1 Å². The normalized spacial score (nSPS) is 11.8. The van der Waals surface area contributed by atoms with Crippen molar-refractivity contribution in [1.29, 1.82) is 0 Å². The van der Waals surface area contributed by atoms with Crippen LogP contribution in [0.4, 0.5) is 0 Å². The summed E-state index contributed by atoms with van der Waals surface area (Å²) in [5.74, 6) is 0. The highest BCUT2D eigenvalue weighted by Gasteiger charge is 2.18. The SMILES string of the molecule is CNCc1ccc(Cl)c(S(=O)(=O)NCc2cc(Br)cs2)c1. The molecule has 0 aliphatic heterocycles. The van der Waals surface area contributed by atoms with Crippen LogP contribution in [0.2, 0.25) is 5.02 Å². The Bertz CT molecular complexity index is 732. The minimum atomic E-state index is -3.64. The molecule has 0 aliphatic rings. The molecule has 0 atom stereocenters. The van der Waals surface area contributed by atoms with Gasteiger partial charge in [-0.2, -0.15) is 0 Å². The van der Waals surface area contributed by atoms with Gasteiger partial charge in [0.2, 0.25) is 10.0 Å². The van der Waals surface area contributed by atoms with Crippen molar-refractivity contribution in [3.05, 3.63) is 49.6 Å². The fourth-order valence-corrected chi connectivity index (χ4v) is 4.79. The molecule has 0 saturated carbocycles. The molecule has 8 heteroatoms. The van der Waals surface area contributed by atoms with Crippen molar-refractivity contribution >= 4 is 48.9 Å². The van der Waals surface area contributed by atoms with Gasteiger partial charge >= 0.3 is 0 Å². The lowest BCUT2D eigenvalue weighted by molar-refractivity contribution is 0.581. The maximum absolute atomic E-state index is 12.4. The van der Waals surface area contributed by atoms with Crippen LogP contribution >= 0.6 is 38.9 Å². The molecule has 114 valence electrons. The molecule has 0 spiro atoms. The van der Waals surface area contributed by atoms with Crippen molar-refractivity contribution < 1.29 is 8.42 Å². The van der Waals surface area contributed by atoms with Gasteiger partial charge in [-0.25, -0.2) is 13.1 Å². The molecule has 0 saturated heterocycles. The largest absolute Gasteiger partial charge is 0.316 e. The summed E-state index contributed by atoms with van der Waals surface area (Å²) >= 11 is 10.8. The van der Waals surface area contributed by atoms with Crippen molar-refractivity contribution in [2.45, 2.75) is 18.0 Å². The van der Waals surface area contributed by atoms with Gasteiger partial charge in [0.05, 0.1) is 5.02 Å². The van der Waals surface area contributed by atoms with E-state index in [1.807, 2.05) is 11.4 Å². The molecule has 0 fully saturated rings. The summed E-state index contributed by atoms with van der Waals surface area (Å²) in [5.41, 5.74) is 0.862. The van der Waals surface area contributed by atoms with Crippen molar-refractivity contribution in [3.63, 3.8) is 0 Å². The Morgan fingerprint density at radius 1 is 1.29 bits per heavy atom. The first-order chi connectivity index (χ1) is 9.92. The second-order valence-electron chi connectivity index (χ2n) is 4.35. The first kappa shape index (κ1) is 16.9. The lowest BCUT2D eigenvalue weighted by Crippen LogP contribution is -2.23. The number of thiophene rings is 1. The van der Waals surface area contributed by atoms with Crippen LogP contribution in [0.15, 0.2) is 39.0 Å². The Morgan fingerprint density at radius 2 is 2.05 bits per heavy atom. The predicted octanol–water partition coefficient (Wildman–Crippen LogP) is 3.36. The lowest BCUT2D eigenvalue weighted by Gasteiger charge is -2.09. The molecule has 0 amide bonds. The monoisotopic (exact) mass is 408 g/mol.